The van der Waals surface area contributed by atoms with Crippen LogP contribution in [0.3, 0.4) is 0 Å². The lowest BCUT2D eigenvalue weighted by atomic mass is 10.3. The fourth-order valence-corrected chi connectivity index (χ4v) is 5.74. The predicted molar refractivity (Wildman–Crippen MR) is 87.4 cm³/mol. The van der Waals surface area contributed by atoms with Crippen LogP contribution in [0.15, 0.2) is 30.3 Å². The Balaban J connectivity index is 3.29. The number of hydrogen-bond donors (Lipinski definition) is 0. The third-order valence-corrected chi connectivity index (χ3v) is 6.47. The first-order valence-electron chi connectivity index (χ1n) is 5.50. The summed E-state index contributed by atoms with van der Waals surface area (Å²) in [5.41, 5.74) is 0.660. The minimum absolute atomic E-state index is 0.582. The summed E-state index contributed by atoms with van der Waals surface area (Å²) in [6, 6.07) is 9.06. The second-order valence-electron chi connectivity index (χ2n) is 3.72. The molecule has 0 spiro atoms. The van der Waals surface area contributed by atoms with Gasteiger partial charge >= 0.3 is 3.92 Å². The van der Waals surface area contributed by atoms with Crippen LogP contribution in [0.4, 0.5) is 10.1 Å². The molecule has 0 aliphatic heterocycles. The molecular weight excluding hydrogens is 346 g/mol. The second kappa shape index (κ2) is 7.40. The maximum Gasteiger partial charge on any atom is 0.325 e. The van der Waals surface area contributed by atoms with Gasteiger partial charge in [-0.3, -0.25) is 8.37 Å². The average molecular weight is 363 g/mol. The Kier molecular flexibility index (Phi) is 6.72. The molecule has 0 amide bonds. The van der Waals surface area contributed by atoms with Gasteiger partial charge in [0.25, 0.3) is 0 Å². The molecule has 0 radical (unpaired) electrons. The molecule has 116 valence electrons. The summed E-state index contributed by atoms with van der Waals surface area (Å²) in [4.78, 5) is 0. The average Bonchev–Trinajstić information content (AvgIpc) is 2.39. The van der Waals surface area contributed by atoms with E-state index < -0.39 is 14.9 Å². The molecule has 0 unspecified atom stereocenters. The molecule has 0 bridgehead atoms. The van der Waals surface area contributed by atoms with Crippen molar-refractivity contribution in [1.29, 1.82) is 0 Å². The van der Waals surface area contributed by atoms with Crippen LogP contribution >= 0.6 is 46.1 Å². The van der Waals surface area contributed by atoms with E-state index in [9.17, 15) is 4.39 Å². The predicted octanol–water partition coefficient (Wildman–Crippen LogP) is 4.52. The molecule has 0 saturated carbocycles. The highest BCUT2D eigenvalue weighted by Gasteiger charge is 2.39. The van der Waals surface area contributed by atoms with Crippen LogP contribution in [0.1, 0.15) is 0 Å². The first kappa shape index (κ1) is 18.2. The zero-order valence-corrected chi connectivity index (χ0v) is 14.7. The van der Waals surface area contributed by atoms with Crippen molar-refractivity contribution in [3.05, 3.63) is 30.3 Å². The SMILES string of the molecule is COS(OC)(N(C)C)N(SC(F)(Cl)Cl)c1ccccc1. The molecule has 4 nitrogen and oxygen atoms in total. The lowest BCUT2D eigenvalue weighted by molar-refractivity contribution is 0.307. The minimum Gasteiger partial charge on any atom is -0.256 e. The van der Waals surface area contributed by atoms with E-state index in [0.29, 0.717) is 17.6 Å². The van der Waals surface area contributed by atoms with Crippen molar-refractivity contribution in [3.63, 3.8) is 0 Å². The van der Waals surface area contributed by atoms with Crippen LogP contribution in [0.25, 0.3) is 0 Å². The van der Waals surface area contributed by atoms with Crippen molar-refractivity contribution in [2.45, 2.75) is 3.92 Å². The maximum absolute atomic E-state index is 13.7. The first-order chi connectivity index (χ1) is 9.27. The number of hydrogen-bond acceptors (Lipinski definition) is 5. The Hall–Kier alpha value is 0.110. The number of nitrogens with zero attached hydrogens (tertiary/aromatic N) is 2. The van der Waals surface area contributed by atoms with Gasteiger partial charge in [0.15, 0.2) is 0 Å². The number of halogens is 3. The van der Waals surface area contributed by atoms with Gasteiger partial charge in [-0.1, -0.05) is 41.4 Å². The molecule has 0 aromatic heterocycles. The summed E-state index contributed by atoms with van der Waals surface area (Å²) in [5.74, 6) is 0. The lowest BCUT2D eigenvalue weighted by Crippen LogP contribution is -2.36. The molecule has 0 N–H and O–H groups in total. The van der Waals surface area contributed by atoms with Gasteiger partial charge in [-0.15, -0.1) is 0 Å². The first-order valence-corrected chi connectivity index (χ1v) is 8.42. The molecule has 0 aliphatic rings. The van der Waals surface area contributed by atoms with Crippen LogP contribution in [0, 0.1) is 0 Å². The van der Waals surface area contributed by atoms with E-state index in [1.54, 1.807) is 30.5 Å². The standard InChI is InChI=1S/C11H17Cl2FN2O2S2/c1-15(2)20(17-3,18-4)16(19-11(12,13)14)10-8-6-5-7-9-10/h5-9H,1-4H3. The zero-order valence-electron chi connectivity index (χ0n) is 11.5. The molecule has 0 saturated heterocycles. The number of para-hydroxylation sites is 1. The van der Waals surface area contributed by atoms with E-state index in [0.717, 1.165) is 0 Å². The Bertz CT molecular complexity index is 417. The lowest BCUT2D eigenvalue weighted by Gasteiger charge is -2.52. The fourth-order valence-electron chi connectivity index (χ4n) is 1.53. The van der Waals surface area contributed by atoms with E-state index in [2.05, 4.69) is 0 Å². The van der Waals surface area contributed by atoms with Crippen molar-refractivity contribution < 1.29 is 12.8 Å². The number of alkyl halides is 3. The van der Waals surface area contributed by atoms with Gasteiger partial charge in [0.1, 0.15) is 0 Å². The van der Waals surface area contributed by atoms with Gasteiger partial charge in [0.2, 0.25) is 0 Å². The normalized spacial score (nSPS) is 13.6. The number of benzene rings is 1. The summed E-state index contributed by atoms with van der Waals surface area (Å²) in [6.45, 7) is 0. The third-order valence-electron chi connectivity index (χ3n) is 2.26. The second-order valence-corrected chi connectivity index (χ2v) is 9.41. The van der Waals surface area contributed by atoms with E-state index >= 15 is 0 Å². The molecule has 1 aromatic rings. The molecule has 1 aromatic carbocycles. The summed E-state index contributed by atoms with van der Waals surface area (Å²) < 4.78 is 25.5. The van der Waals surface area contributed by atoms with E-state index in [-0.39, 0.29) is 0 Å². The summed E-state index contributed by atoms with van der Waals surface area (Å²) in [7, 11) is 4.10. The Morgan fingerprint density at radius 2 is 1.65 bits per heavy atom. The van der Waals surface area contributed by atoms with Gasteiger partial charge in [-0.25, -0.2) is 0 Å². The summed E-state index contributed by atoms with van der Waals surface area (Å²) in [5, 5.41) is 0. The largest absolute Gasteiger partial charge is 0.325 e. The van der Waals surface area contributed by atoms with Crippen LogP contribution in [-0.2, 0) is 8.37 Å². The van der Waals surface area contributed by atoms with Crippen LogP contribution in [-0.4, -0.2) is 36.5 Å². The van der Waals surface area contributed by atoms with Crippen LogP contribution in [0.5, 0.6) is 0 Å². The molecule has 1 rings (SSSR count). The van der Waals surface area contributed by atoms with E-state index in [1.165, 1.54) is 17.9 Å². The van der Waals surface area contributed by atoms with E-state index in [1.807, 2.05) is 18.2 Å². The maximum atomic E-state index is 13.7. The molecule has 20 heavy (non-hydrogen) atoms. The van der Waals surface area contributed by atoms with Gasteiger partial charge in [-0.05, 0) is 23.1 Å². The molecule has 9 heteroatoms. The number of rotatable bonds is 7. The van der Waals surface area contributed by atoms with Crippen molar-refractivity contribution >= 4 is 51.8 Å². The van der Waals surface area contributed by atoms with Gasteiger partial charge < -0.3 is 0 Å². The van der Waals surface area contributed by atoms with Crippen molar-refractivity contribution in [1.82, 2.24) is 4.31 Å². The highest BCUT2D eigenvalue weighted by molar-refractivity contribution is 8.34. The third kappa shape index (κ3) is 4.30. The molecule has 0 fully saturated rings. The molecule has 0 aliphatic carbocycles. The Morgan fingerprint density at radius 3 is 2.00 bits per heavy atom. The van der Waals surface area contributed by atoms with Crippen molar-refractivity contribution in [2.75, 3.05) is 32.0 Å². The number of anilines is 1. The van der Waals surface area contributed by atoms with Crippen LogP contribution < -0.4 is 3.71 Å². The van der Waals surface area contributed by atoms with Crippen molar-refractivity contribution in [3.8, 4) is 0 Å². The van der Waals surface area contributed by atoms with Crippen molar-refractivity contribution in [2.24, 2.45) is 0 Å². The van der Waals surface area contributed by atoms with Gasteiger partial charge in [0.05, 0.1) is 19.9 Å². The zero-order chi connectivity index (χ0) is 15.4. The van der Waals surface area contributed by atoms with Crippen LogP contribution in [0.2, 0.25) is 0 Å². The highest BCUT2D eigenvalue weighted by Crippen LogP contribution is 2.62. The van der Waals surface area contributed by atoms with Gasteiger partial charge in [0, 0.05) is 26.0 Å². The fraction of sp³-hybridized carbons (Fsp3) is 0.455. The monoisotopic (exact) mass is 362 g/mol. The quantitative estimate of drug-likeness (QED) is 0.524. The molecule has 0 atom stereocenters. The summed E-state index contributed by atoms with van der Waals surface area (Å²) in [6.07, 6.45) is 0. The smallest absolute Gasteiger partial charge is 0.256 e. The Morgan fingerprint density at radius 1 is 1.15 bits per heavy atom. The molecular formula is C11H17Cl2FN2O2S2. The van der Waals surface area contributed by atoms with Gasteiger partial charge in [-0.2, -0.15) is 12.4 Å². The minimum atomic E-state index is -2.51. The molecule has 0 heterocycles. The topological polar surface area (TPSA) is 24.9 Å². The highest BCUT2D eigenvalue weighted by atomic mass is 35.5. The Labute approximate surface area is 135 Å². The van der Waals surface area contributed by atoms with E-state index in [4.69, 9.17) is 31.6 Å². The summed E-state index contributed by atoms with van der Waals surface area (Å²) >= 11 is 11.6.